The summed E-state index contributed by atoms with van der Waals surface area (Å²) in [5.74, 6) is -4.61. The Hall–Kier alpha value is -1.51. The first-order chi connectivity index (χ1) is 11.3. The van der Waals surface area contributed by atoms with Crippen molar-refractivity contribution in [2.75, 3.05) is 18.0 Å². The molecule has 0 aliphatic carbocycles. The van der Waals surface area contributed by atoms with Crippen LogP contribution in [0.2, 0.25) is 5.02 Å². The zero-order valence-corrected chi connectivity index (χ0v) is 14.5. The molecule has 2 unspecified atom stereocenters. The van der Waals surface area contributed by atoms with Crippen molar-refractivity contribution in [1.82, 2.24) is 10.6 Å². The lowest BCUT2D eigenvalue weighted by atomic mass is 10.1. The van der Waals surface area contributed by atoms with Gasteiger partial charge in [0.15, 0.2) is 0 Å². The van der Waals surface area contributed by atoms with Crippen LogP contribution in [0.1, 0.15) is 12.8 Å². The van der Waals surface area contributed by atoms with Gasteiger partial charge in [0.1, 0.15) is 11.9 Å². The van der Waals surface area contributed by atoms with E-state index in [1.54, 1.807) is 0 Å². The minimum Gasteiger partial charge on any atom is -0.343 e. The fourth-order valence-corrected chi connectivity index (χ4v) is 3.01. The van der Waals surface area contributed by atoms with E-state index in [2.05, 4.69) is 10.6 Å². The van der Waals surface area contributed by atoms with Gasteiger partial charge in [0.2, 0.25) is 11.8 Å². The summed E-state index contributed by atoms with van der Waals surface area (Å²) in [5.41, 5.74) is 0.337. The zero-order chi connectivity index (χ0) is 17.5. The lowest BCUT2D eigenvalue weighted by Crippen LogP contribution is -2.48. The summed E-state index contributed by atoms with van der Waals surface area (Å²) in [5, 5.41) is 4.88. The van der Waals surface area contributed by atoms with E-state index >= 15 is 0 Å². The number of nitrogens with one attached hydrogen (secondary N) is 2. The molecule has 2 saturated heterocycles. The fraction of sp³-hybridized carbons (Fsp3) is 0.467. The number of benzene rings is 1. The number of amides is 2. The monoisotopic (exact) mass is 397 g/mol. The van der Waals surface area contributed by atoms with Gasteiger partial charge in [-0.05, 0) is 24.6 Å². The Morgan fingerprint density at radius 2 is 2.12 bits per heavy atom. The summed E-state index contributed by atoms with van der Waals surface area (Å²) in [6, 6.07) is 2.16. The predicted octanol–water partition coefficient (Wildman–Crippen LogP) is 2.12. The molecule has 0 saturated carbocycles. The van der Waals surface area contributed by atoms with Gasteiger partial charge in [-0.3, -0.25) is 14.9 Å². The Morgan fingerprint density at radius 1 is 1.40 bits per heavy atom. The largest absolute Gasteiger partial charge is 0.343 e. The third-order valence-corrected chi connectivity index (χ3v) is 4.47. The van der Waals surface area contributed by atoms with Gasteiger partial charge in [-0.25, -0.2) is 13.2 Å². The summed E-state index contributed by atoms with van der Waals surface area (Å²) < 4.78 is 39.8. The molecule has 2 fully saturated rings. The molecule has 1 aromatic carbocycles. The van der Waals surface area contributed by atoms with Crippen molar-refractivity contribution in [3.63, 3.8) is 0 Å². The van der Waals surface area contributed by atoms with E-state index < -0.39 is 48.6 Å². The average molecular weight is 398 g/mol. The van der Waals surface area contributed by atoms with Gasteiger partial charge in [0.05, 0.1) is 17.6 Å². The van der Waals surface area contributed by atoms with Crippen LogP contribution in [0.25, 0.3) is 0 Å². The van der Waals surface area contributed by atoms with Crippen molar-refractivity contribution in [2.45, 2.75) is 30.8 Å². The second-order valence-electron chi connectivity index (χ2n) is 5.93. The molecule has 2 heterocycles. The van der Waals surface area contributed by atoms with Gasteiger partial charge in [0, 0.05) is 18.7 Å². The second-order valence-corrected chi connectivity index (χ2v) is 6.34. The van der Waals surface area contributed by atoms with Crippen LogP contribution in [-0.2, 0) is 9.59 Å². The molecule has 2 N–H and O–H groups in total. The molecule has 2 amide bonds. The molecule has 1 aromatic rings. The maximum atomic E-state index is 13.5. The smallest absolute Gasteiger partial charge is 0.262 e. The molecule has 138 valence electrons. The lowest BCUT2D eigenvalue weighted by molar-refractivity contribution is -0.128. The molecule has 25 heavy (non-hydrogen) atoms. The van der Waals surface area contributed by atoms with Gasteiger partial charge < -0.3 is 10.2 Å². The van der Waals surface area contributed by atoms with E-state index in [1.165, 1.54) is 17.0 Å². The van der Waals surface area contributed by atoms with E-state index in [9.17, 15) is 22.8 Å². The van der Waals surface area contributed by atoms with Gasteiger partial charge in [-0.15, -0.1) is 12.4 Å². The Morgan fingerprint density at radius 3 is 2.72 bits per heavy atom. The average Bonchev–Trinajstić information content (AvgIpc) is 3.06. The summed E-state index contributed by atoms with van der Waals surface area (Å²) in [4.78, 5) is 25.7. The van der Waals surface area contributed by atoms with Crippen LogP contribution >= 0.6 is 24.0 Å². The van der Waals surface area contributed by atoms with Crippen LogP contribution in [-0.4, -0.2) is 42.9 Å². The minimum atomic E-state index is -2.92. The molecule has 0 radical (unpaired) electrons. The highest BCUT2D eigenvalue weighted by molar-refractivity contribution is 6.30. The van der Waals surface area contributed by atoms with E-state index in [0.717, 1.165) is 6.07 Å². The molecule has 2 aliphatic rings. The van der Waals surface area contributed by atoms with E-state index in [1.807, 2.05) is 0 Å². The van der Waals surface area contributed by atoms with Gasteiger partial charge in [0.25, 0.3) is 5.92 Å². The highest BCUT2D eigenvalue weighted by Crippen LogP contribution is 2.27. The molecule has 3 rings (SSSR count). The summed E-state index contributed by atoms with van der Waals surface area (Å²) >= 11 is 5.61. The first kappa shape index (κ1) is 19.8. The number of halogens is 5. The number of anilines is 1. The maximum absolute atomic E-state index is 13.5. The van der Waals surface area contributed by atoms with Crippen molar-refractivity contribution >= 4 is 41.5 Å². The maximum Gasteiger partial charge on any atom is 0.262 e. The molecular formula is C15H16Cl2F3N3O2. The van der Waals surface area contributed by atoms with Crippen LogP contribution in [0.15, 0.2) is 18.2 Å². The Balaban J connectivity index is 0.00000225. The lowest BCUT2D eigenvalue weighted by Gasteiger charge is -2.18. The van der Waals surface area contributed by atoms with Gasteiger partial charge in [-0.2, -0.15) is 0 Å². The van der Waals surface area contributed by atoms with Crippen LogP contribution < -0.4 is 15.5 Å². The summed E-state index contributed by atoms with van der Waals surface area (Å²) in [6.07, 6.45) is -0.274. The van der Waals surface area contributed by atoms with Crippen molar-refractivity contribution in [2.24, 2.45) is 0 Å². The van der Waals surface area contributed by atoms with Crippen molar-refractivity contribution in [1.29, 1.82) is 0 Å². The standard InChI is InChI=1S/C15H15ClF3N3O2.ClH/c16-9-2-1-8(5-10(9)17)22-4-3-11(14(22)24)21-13(23)12-6-15(18,19)7-20-12;/h1-2,5,11-12,20H,3-4,6-7H2,(H,21,23);1H. The predicted molar refractivity (Wildman–Crippen MR) is 88.9 cm³/mol. The number of carbonyl (C=O) groups excluding carboxylic acids is 2. The highest BCUT2D eigenvalue weighted by atomic mass is 35.5. The molecular weight excluding hydrogens is 382 g/mol. The first-order valence-electron chi connectivity index (χ1n) is 7.45. The fourth-order valence-electron chi connectivity index (χ4n) is 2.90. The molecule has 5 nitrogen and oxygen atoms in total. The zero-order valence-electron chi connectivity index (χ0n) is 12.9. The number of alkyl halides is 2. The molecule has 0 spiro atoms. The number of hydrogen-bond donors (Lipinski definition) is 2. The number of rotatable bonds is 3. The van der Waals surface area contributed by atoms with Crippen LogP contribution in [0.3, 0.4) is 0 Å². The van der Waals surface area contributed by atoms with Crippen LogP contribution in [0.5, 0.6) is 0 Å². The van der Waals surface area contributed by atoms with Crippen molar-refractivity contribution in [3.05, 3.63) is 29.0 Å². The quantitative estimate of drug-likeness (QED) is 0.820. The summed E-state index contributed by atoms with van der Waals surface area (Å²) in [7, 11) is 0. The molecule has 0 aromatic heterocycles. The van der Waals surface area contributed by atoms with Crippen molar-refractivity contribution < 1.29 is 22.8 Å². The van der Waals surface area contributed by atoms with Gasteiger partial charge in [-0.1, -0.05) is 11.6 Å². The van der Waals surface area contributed by atoms with Gasteiger partial charge >= 0.3 is 0 Å². The third-order valence-electron chi connectivity index (χ3n) is 4.16. The SMILES string of the molecule is Cl.O=C(NC1CCN(c2ccc(Cl)c(F)c2)C1=O)C1CC(F)(F)CN1. The van der Waals surface area contributed by atoms with Crippen LogP contribution in [0.4, 0.5) is 18.9 Å². The first-order valence-corrected chi connectivity index (χ1v) is 7.83. The Kier molecular flexibility index (Phi) is 5.86. The second kappa shape index (κ2) is 7.39. The topological polar surface area (TPSA) is 61.4 Å². The van der Waals surface area contributed by atoms with Crippen LogP contribution in [0, 0.1) is 5.82 Å². The molecule has 10 heteroatoms. The third kappa shape index (κ3) is 4.19. The van der Waals surface area contributed by atoms with E-state index in [-0.39, 0.29) is 17.4 Å². The molecule has 2 atom stereocenters. The molecule has 2 aliphatic heterocycles. The number of carbonyl (C=O) groups is 2. The number of hydrogen-bond acceptors (Lipinski definition) is 3. The highest BCUT2D eigenvalue weighted by Gasteiger charge is 2.43. The number of nitrogens with zero attached hydrogens (tertiary/aromatic N) is 1. The van der Waals surface area contributed by atoms with E-state index in [0.29, 0.717) is 18.7 Å². The Bertz CT molecular complexity index is 690. The summed E-state index contributed by atoms with van der Waals surface area (Å²) in [6.45, 7) is -0.265. The normalized spacial score (nSPS) is 25.0. The molecule has 0 bridgehead atoms. The Labute approximate surface area is 153 Å². The minimum absolute atomic E-state index is 0. The van der Waals surface area contributed by atoms with Crippen molar-refractivity contribution in [3.8, 4) is 0 Å². The van der Waals surface area contributed by atoms with E-state index in [4.69, 9.17) is 11.6 Å².